The SMILES string of the molecule is CC(C)c1ccc(NC(=O)CNC(=O)c2ccccc2)cc1. The van der Waals surface area contributed by atoms with Gasteiger partial charge in [0.1, 0.15) is 0 Å². The zero-order chi connectivity index (χ0) is 15.9. The van der Waals surface area contributed by atoms with E-state index in [0.717, 1.165) is 5.69 Å². The average Bonchev–Trinajstić information content (AvgIpc) is 2.54. The molecule has 0 bridgehead atoms. The van der Waals surface area contributed by atoms with Crippen LogP contribution in [0.3, 0.4) is 0 Å². The zero-order valence-corrected chi connectivity index (χ0v) is 12.8. The Balaban J connectivity index is 1.84. The van der Waals surface area contributed by atoms with Crippen LogP contribution in [-0.2, 0) is 4.79 Å². The van der Waals surface area contributed by atoms with Crippen LogP contribution < -0.4 is 10.6 Å². The molecule has 2 aromatic rings. The summed E-state index contributed by atoms with van der Waals surface area (Å²) in [6.07, 6.45) is 0. The predicted molar refractivity (Wildman–Crippen MR) is 87.9 cm³/mol. The van der Waals surface area contributed by atoms with Crippen molar-refractivity contribution >= 4 is 17.5 Å². The van der Waals surface area contributed by atoms with Gasteiger partial charge < -0.3 is 10.6 Å². The third-order valence-corrected chi connectivity index (χ3v) is 3.31. The Morgan fingerprint density at radius 1 is 0.955 bits per heavy atom. The van der Waals surface area contributed by atoms with Crippen LogP contribution in [0.1, 0.15) is 35.7 Å². The number of hydrogen-bond donors (Lipinski definition) is 2. The van der Waals surface area contributed by atoms with Crippen LogP contribution in [0.2, 0.25) is 0 Å². The van der Waals surface area contributed by atoms with Gasteiger partial charge in [0.15, 0.2) is 0 Å². The van der Waals surface area contributed by atoms with E-state index >= 15 is 0 Å². The second-order valence-electron chi connectivity index (χ2n) is 5.37. The summed E-state index contributed by atoms with van der Waals surface area (Å²) in [6, 6.07) is 16.5. The van der Waals surface area contributed by atoms with E-state index in [9.17, 15) is 9.59 Å². The van der Waals surface area contributed by atoms with Crippen molar-refractivity contribution in [3.05, 3.63) is 65.7 Å². The standard InChI is InChI=1S/C18H20N2O2/c1-13(2)14-8-10-16(11-9-14)20-17(21)12-19-18(22)15-6-4-3-5-7-15/h3-11,13H,12H2,1-2H3,(H,19,22)(H,20,21). The Morgan fingerprint density at radius 2 is 1.59 bits per heavy atom. The summed E-state index contributed by atoms with van der Waals surface area (Å²) in [5.74, 6) is -0.0533. The van der Waals surface area contributed by atoms with E-state index in [0.29, 0.717) is 11.5 Å². The van der Waals surface area contributed by atoms with E-state index < -0.39 is 0 Å². The number of nitrogens with one attached hydrogen (secondary N) is 2. The van der Waals surface area contributed by atoms with E-state index in [1.165, 1.54) is 5.56 Å². The molecular weight excluding hydrogens is 276 g/mol. The van der Waals surface area contributed by atoms with Crippen molar-refractivity contribution in [1.82, 2.24) is 5.32 Å². The quantitative estimate of drug-likeness (QED) is 0.890. The normalized spacial score (nSPS) is 10.3. The molecule has 2 N–H and O–H groups in total. The molecule has 22 heavy (non-hydrogen) atoms. The highest BCUT2D eigenvalue weighted by Crippen LogP contribution is 2.16. The Labute approximate surface area is 130 Å². The highest BCUT2D eigenvalue weighted by atomic mass is 16.2. The van der Waals surface area contributed by atoms with Gasteiger partial charge in [0.2, 0.25) is 5.91 Å². The largest absolute Gasteiger partial charge is 0.343 e. The number of rotatable bonds is 5. The van der Waals surface area contributed by atoms with Gasteiger partial charge in [-0.1, -0.05) is 44.2 Å². The van der Waals surface area contributed by atoms with Crippen LogP contribution in [-0.4, -0.2) is 18.4 Å². The molecule has 4 nitrogen and oxygen atoms in total. The van der Waals surface area contributed by atoms with Gasteiger partial charge in [0, 0.05) is 11.3 Å². The van der Waals surface area contributed by atoms with Crippen molar-refractivity contribution < 1.29 is 9.59 Å². The minimum Gasteiger partial charge on any atom is -0.343 e. The van der Waals surface area contributed by atoms with Gasteiger partial charge in [-0.15, -0.1) is 0 Å². The fraction of sp³-hybridized carbons (Fsp3) is 0.222. The summed E-state index contributed by atoms with van der Waals surface area (Å²) in [5, 5.41) is 5.36. The molecule has 0 aromatic heterocycles. The fourth-order valence-corrected chi connectivity index (χ4v) is 2.01. The van der Waals surface area contributed by atoms with Crippen molar-refractivity contribution in [2.75, 3.05) is 11.9 Å². The van der Waals surface area contributed by atoms with E-state index in [1.54, 1.807) is 24.3 Å². The minimum atomic E-state index is -0.258. The maximum Gasteiger partial charge on any atom is 0.251 e. The number of hydrogen-bond acceptors (Lipinski definition) is 2. The molecule has 114 valence electrons. The lowest BCUT2D eigenvalue weighted by atomic mass is 10.0. The minimum absolute atomic E-state index is 0.0559. The molecule has 4 heteroatoms. The first-order valence-electron chi connectivity index (χ1n) is 7.29. The lowest BCUT2D eigenvalue weighted by molar-refractivity contribution is -0.115. The monoisotopic (exact) mass is 296 g/mol. The molecule has 0 radical (unpaired) electrons. The molecule has 0 spiro atoms. The highest BCUT2D eigenvalue weighted by molar-refractivity contribution is 5.99. The first kappa shape index (κ1) is 15.8. The number of anilines is 1. The molecule has 2 aromatic carbocycles. The molecule has 0 aliphatic rings. The molecule has 0 saturated carbocycles. The summed E-state index contributed by atoms with van der Waals surface area (Å²) >= 11 is 0. The maximum absolute atomic E-state index is 11.8. The molecule has 2 rings (SSSR count). The Kier molecular flexibility index (Phi) is 5.31. The summed E-state index contributed by atoms with van der Waals surface area (Å²) in [7, 11) is 0. The van der Waals surface area contributed by atoms with Crippen molar-refractivity contribution in [2.24, 2.45) is 0 Å². The van der Waals surface area contributed by atoms with E-state index in [-0.39, 0.29) is 18.4 Å². The first-order chi connectivity index (χ1) is 10.6. The van der Waals surface area contributed by atoms with Gasteiger partial charge in [0.25, 0.3) is 5.91 Å². The molecule has 0 heterocycles. The van der Waals surface area contributed by atoms with Gasteiger partial charge >= 0.3 is 0 Å². The highest BCUT2D eigenvalue weighted by Gasteiger charge is 2.08. The third kappa shape index (κ3) is 4.45. The van der Waals surface area contributed by atoms with Gasteiger partial charge in [-0.25, -0.2) is 0 Å². The summed E-state index contributed by atoms with van der Waals surface area (Å²) in [5.41, 5.74) is 2.48. The lowest BCUT2D eigenvalue weighted by Gasteiger charge is -2.09. The predicted octanol–water partition coefficient (Wildman–Crippen LogP) is 3.18. The molecule has 2 amide bonds. The smallest absolute Gasteiger partial charge is 0.251 e. The Morgan fingerprint density at radius 3 is 2.18 bits per heavy atom. The number of amides is 2. The van der Waals surface area contributed by atoms with Crippen LogP contribution in [0.15, 0.2) is 54.6 Å². The van der Waals surface area contributed by atoms with Crippen LogP contribution in [0.5, 0.6) is 0 Å². The number of carbonyl (C=O) groups excluding carboxylic acids is 2. The van der Waals surface area contributed by atoms with Crippen molar-refractivity contribution in [2.45, 2.75) is 19.8 Å². The van der Waals surface area contributed by atoms with Gasteiger partial charge in [0.05, 0.1) is 6.54 Å². The van der Waals surface area contributed by atoms with Crippen molar-refractivity contribution in [3.63, 3.8) is 0 Å². The number of benzene rings is 2. The molecule has 0 fully saturated rings. The van der Waals surface area contributed by atoms with Crippen LogP contribution in [0.25, 0.3) is 0 Å². The molecule has 0 aliphatic carbocycles. The van der Waals surface area contributed by atoms with E-state index in [4.69, 9.17) is 0 Å². The van der Waals surface area contributed by atoms with Gasteiger partial charge in [-0.05, 0) is 35.7 Å². The second kappa shape index (κ2) is 7.41. The first-order valence-corrected chi connectivity index (χ1v) is 7.29. The third-order valence-electron chi connectivity index (χ3n) is 3.31. The van der Waals surface area contributed by atoms with Crippen LogP contribution >= 0.6 is 0 Å². The number of carbonyl (C=O) groups is 2. The lowest BCUT2D eigenvalue weighted by Crippen LogP contribution is -2.32. The molecule has 0 unspecified atom stereocenters. The molecule has 0 saturated heterocycles. The van der Waals surface area contributed by atoms with E-state index in [2.05, 4.69) is 24.5 Å². The average molecular weight is 296 g/mol. The Bertz CT molecular complexity index is 634. The zero-order valence-electron chi connectivity index (χ0n) is 12.8. The van der Waals surface area contributed by atoms with E-state index in [1.807, 2.05) is 30.3 Å². The maximum atomic E-state index is 11.8. The van der Waals surface area contributed by atoms with Gasteiger partial charge in [-0.3, -0.25) is 9.59 Å². The van der Waals surface area contributed by atoms with Crippen LogP contribution in [0, 0.1) is 0 Å². The summed E-state index contributed by atoms with van der Waals surface area (Å²) in [4.78, 5) is 23.7. The van der Waals surface area contributed by atoms with Crippen molar-refractivity contribution in [3.8, 4) is 0 Å². The van der Waals surface area contributed by atoms with Crippen LogP contribution in [0.4, 0.5) is 5.69 Å². The molecule has 0 atom stereocenters. The fourth-order valence-electron chi connectivity index (χ4n) is 2.01. The summed E-state index contributed by atoms with van der Waals surface area (Å²) in [6.45, 7) is 4.18. The summed E-state index contributed by atoms with van der Waals surface area (Å²) < 4.78 is 0. The topological polar surface area (TPSA) is 58.2 Å². The molecule has 0 aliphatic heterocycles. The van der Waals surface area contributed by atoms with Crippen molar-refractivity contribution in [1.29, 1.82) is 0 Å². The van der Waals surface area contributed by atoms with Gasteiger partial charge in [-0.2, -0.15) is 0 Å². The molecular formula is C18H20N2O2. The second-order valence-corrected chi connectivity index (χ2v) is 5.37. The Hall–Kier alpha value is -2.62.